The van der Waals surface area contributed by atoms with Gasteiger partial charge in [0, 0.05) is 18.3 Å². The van der Waals surface area contributed by atoms with Gasteiger partial charge < -0.3 is 5.32 Å². The van der Waals surface area contributed by atoms with E-state index in [-0.39, 0.29) is 5.41 Å². The van der Waals surface area contributed by atoms with Gasteiger partial charge in [0.25, 0.3) is 0 Å². The fraction of sp³-hybridized carbons (Fsp3) is 0.500. The smallest absolute Gasteiger partial charge is 0.129 e. The highest BCUT2D eigenvalue weighted by molar-refractivity contribution is 5.35. The Kier molecular flexibility index (Phi) is 3.83. The molecule has 1 rings (SSSR count). The molecule has 82 valence electrons. The zero-order valence-electron chi connectivity index (χ0n) is 9.75. The van der Waals surface area contributed by atoms with E-state index in [9.17, 15) is 0 Å². The Bertz CT molecular complexity index is 326. The molecule has 1 aromatic rings. The summed E-state index contributed by atoms with van der Waals surface area (Å²) in [5.41, 5.74) is 1.33. The first-order chi connectivity index (χ1) is 7.01. The average Bonchev–Trinajstić information content (AvgIpc) is 2.12. The molecule has 0 atom stereocenters. The molecule has 0 bridgehead atoms. The predicted molar refractivity (Wildman–Crippen MR) is 63.9 cm³/mol. The van der Waals surface area contributed by atoms with Crippen LogP contribution in [0.15, 0.2) is 25.0 Å². The highest BCUT2D eigenvalue weighted by atomic mass is 15.0. The molecular weight excluding hydrogens is 186 g/mol. The molecule has 0 aliphatic carbocycles. The number of nitrogens with one attached hydrogen (secondary N) is 1. The summed E-state index contributed by atoms with van der Waals surface area (Å²) in [7, 11) is 0. The van der Waals surface area contributed by atoms with Crippen molar-refractivity contribution < 1.29 is 0 Å². The average molecular weight is 205 g/mol. The summed E-state index contributed by atoms with van der Waals surface area (Å²) >= 11 is 0. The van der Waals surface area contributed by atoms with E-state index in [1.54, 1.807) is 6.33 Å². The minimum Gasteiger partial charge on any atom is -0.367 e. The summed E-state index contributed by atoms with van der Waals surface area (Å²) in [6, 6.07) is 1.99. The number of hydrogen-bond acceptors (Lipinski definition) is 3. The zero-order chi connectivity index (χ0) is 11.3. The molecule has 0 radical (unpaired) electrons. The molecule has 0 saturated heterocycles. The summed E-state index contributed by atoms with van der Waals surface area (Å²) < 4.78 is 0. The van der Waals surface area contributed by atoms with Crippen LogP contribution < -0.4 is 5.32 Å². The van der Waals surface area contributed by atoms with E-state index in [0.717, 1.165) is 24.5 Å². The lowest BCUT2D eigenvalue weighted by molar-refractivity contribution is 0.406. The quantitative estimate of drug-likeness (QED) is 0.768. The lowest BCUT2D eigenvalue weighted by Crippen LogP contribution is -2.11. The Morgan fingerprint density at radius 2 is 2.13 bits per heavy atom. The van der Waals surface area contributed by atoms with E-state index in [4.69, 9.17) is 0 Å². The fourth-order valence-corrected chi connectivity index (χ4v) is 1.31. The highest BCUT2D eigenvalue weighted by Crippen LogP contribution is 2.19. The maximum Gasteiger partial charge on any atom is 0.129 e. The van der Waals surface area contributed by atoms with Gasteiger partial charge >= 0.3 is 0 Å². The van der Waals surface area contributed by atoms with Gasteiger partial charge in [0.1, 0.15) is 12.1 Å². The molecule has 15 heavy (non-hydrogen) atoms. The first kappa shape index (κ1) is 11.7. The molecule has 0 aromatic carbocycles. The Hall–Kier alpha value is -1.38. The first-order valence-electron chi connectivity index (χ1n) is 5.17. The monoisotopic (exact) mass is 205 g/mol. The van der Waals surface area contributed by atoms with Crippen molar-refractivity contribution in [2.75, 3.05) is 11.9 Å². The van der Waals surface area contributed by atoms with Crippen LogP contribution in [0.5, 0.6) is 0 Å². The topological polar surface area (TPSA) is 37.8 Å². The van der Waals surface area contributed by atoms with Gasteiger partial charge in [-0.15, -0.1) is 6.58 Å². The second-order valence-corrected chi connectivity index (χ2v) is 4.80. The molecule has 3 heteroatoms. The number of rotatable bonds is 4. The first-order valence-corrected chi connectivity index (χ1v) is 5.17. The molecule has 1 heterocycles. The van der Waals surface area contributed by atoms with Crippen LogP contribution in [-0.4, -0.2) is 16.5 Å². The summed E-state index contributed by atoms with van der Waals surface area (Å²) in [5.74, 6) is 0.865. The van der Waals surface area contributed by atoms with Gasteiger partial charge in [-0.05, 0) is 11.8 Å². The van der Waals surface area contributed by atoms with Gasteiger partial charge in [-0.1, -0.05) is 26.8 Å². The molecule has 3 nitrogen and oxygen atoms in total. The Morgan fingerprint density at radius 1 is 1.40 bits per heavy atom. The summed E-state index contributed by atoms with van der Waals surface area (Å²) in [6.45, 7) is 11.0. The fourth-order valence-electron chi connectivity index (χ4n) is 1.31. The largest absolute Gasteiger partial charge is 0.367 e. The van der Waals surface area contributed by atoms with Gasteiger partial charge in [-0.25, -0.2) is 9.97 Å². The lowest BCUT2D eigenvalue weighted by Gasteiger charge is -2.17. The van der Waals surface area contributed by atoms with Crippen molar-refractivity contribution in [3.05, 3.63) is 30.7 Å². The summed E-state index contributed by atoms with van der Waals surface area (Å²) in [6.07, 6.45) is 4.37. The lowest BCUT2D eigenvalue weighted by atomic mass is 9.90. The van der Waals surface area contributed by atoms with Gasteiger partial charge in [0.05, 0.1) is 0 Å². The van der Waals surface area contributed by atoms with Crippen LogP contribution in [0.1, 0.15) is 26.5 Å². The number of anilines is 1. The van der Waals surface area contributed by atoms with Gasteiger partial charge in [-0.3, -0.25) is 0 Å². The standard InChI is InChI=1S/C12H19N3/c1-5-6-13-11-7-10(14-9-15-11)8-12(2,3)4/h5,7,9H,1,6,8H2,2-4H3,(H,13,14,15). The third-order valence-corrected chi connectivity index (χ3v) is 1.86. The van der Waals surface area contributed by atoms with E-state index in [2.05, 4.69) is 42.6 Å². The van der Waals surface area contributed by atoms with Crippen LogP contribution in [0.25, 0.3) is 0 Å². The molecule has 0 aliphatic heterocycles. The third kappa shape index (κ3) is 4.58. The minimum atomic E-state index is 0.254. The molecule has 0 aliphatic rings. The Morgan fingerprint density at radius 3 is 2.73 bits per heavy atom. The van der Waals surface area contributed by atoms with Crippen LogP contribution in [-0.2, 0) is 6.42 Å². The molecule has 0 spiro atoms. The second-order valence-electron chi connectivity index (χ2n) is 4.80. The van der Waals surface area contributed by atoms with Crippen molar-refractivity contribution in [1.29, 1.82) is 0 Å². The minimum absolute atomic E-state index is 0.254. The number of aromatic nitrogens is 2. The van der Waals surface area contributed by atoms with E-state index in [1.165, 1.54) is 0 Å². The summed E-state index contributed by atoms with van der Waals surface area (Å²) in [5, 5.41) is 3.15. The zero-order valence-corrected chi connectivity index (χ0v) is 9.75. The van der Waals surface area contributed by atoms with Crippen molar-refractivity contribution in [3.8, 4) is 0 Å². The van der Waals surface area contributed by atoms with Crippen molar-refractivity contribution in [2.24, 2.45) is 5.41 Å². The van der Waals surface area contributed by atoms with Crippen LogP contribution >= 0.6 is 0 Å². The predicted octanol–water partition coefficient (Wildman–Crippen LogP) is 2.66. The number of nitrogens with zero attached hydrogens (tertiary/aromatic N) is 2. The third-order valence-electron chi connectivity index (χ3n) is 1.86. The van der Waals surface area contributed by atoms with Gasteiger partial charge in [0.2, 0.25) is 0 Å². The van der Waals surface area contributed by atoms with Gasteiger partial charge in [-0.2, -0.15) is 0 Å². The van der Waals surface area contributed by atoms with Crippen LogP contribution in [0.2, 0.25) is 0 Å². The van der Waals surface area contributed by atoms with Crippen molar-refractivity contribution in [3.63, 3.8) is 0 Å². The normalized spacial score (nSPS) is 11.1. The molecular formula is C12H19N3. The van der Waals surface area contributed by atoms with E-state index < -0.39 is 0 Å². The molecule has 0 fully saturated rings. The van der Waals surface area contributed by atoms with Crippen molar-refractivity contribution in [2.45, 2.75) is 27.2 Å². The highest BCUT2D eigenvalue weighted by Gasteiger charge is 2.12. The SMILES string of the molecule is C=CCNc1cc(CC(C)(C)C)ncn1. The maximum atomic E-state index is 4.26. The molecule has 0 unspecified atom stereocenters. The Labute approximate surface area is 91.7 Å². The molecule has 0 amide bonds. The molecule has 0 saturated carbocycles. The number of hydrogen-bond donors (Lipinski definition) is 1. The van der Waals surface area contributed by atoms with Crippen molar-refractivity contribution >= 4 is 5.82 Å². The van der Waals surface area contributed by atoms with Crippen LogP contribution in [0.3, 0.4) is 0 Å². The summed E-state index contributed by atoms with van der Waals surface area (Å²) in [4.78, 5) is 8.39. The van der Waals surface area contributed by atoms with E-state index >= 15 is 0 Å². The maximum absolute atomic E-state index is 4.26. The van der Waals surface area contributed by atoms with E-state index in [0.29, 0.717) is 0 Å². The molecule has 1 N–H and O–H groups in total. The second kappa shape index (κ2) is 4.91. The van der Waals surface area contributed by atoms with Gasteiger partial charge in [0.15, 0.2) is 0 Å². The van der Waals surface area contributed by atoms with Crippen LogP contribution in [0, 0.1) is 5.41 Å². The molecule has 1 aromatic heterocycles. The van der Waals surface area contributed by atoms with Crippen LogP contribution in [0.4, 0.5) is 5.82 Å². The van der Waals surface area contributed by atoms with E-state index in [1.807, 2.05) is 12.1 Å². The Balaban J connectivity index is 2.69. The van der Waals surface area contributed by atoms with Crippen molar-refractivity contribution in [1.82, 2.24) is 9.97 Å².